The summed E-state index contributed by atoms with van der Waals surface area (Å²) < 4.78 is 7.71. The maximum atomic E-state index is 13.6. The summed E-state index contributed by atoms with van der Waals surface area (Å²) in [5.41, 5.74) is 2.50. The monoisotopic (exact) mass is 593 g/mol. The molecule has 41 heavy (non-hydrogen) atoms. The molecular formula is C31H39N5O3S2. The largest absolute Gasteiger partial charge is 0.382 e. The number of pyridine rings is 1. The molecule has 3 heterocycles. The van der Waals surface area contributed by atoms with Gasteiger partial charge in [-0.1, -0.05) is 67.7 Å². The Morgan fingerprint density at radius 3 is 2.46 bits per heavy atom. The van der Waals surface area contributed by atoms with Crippen LogP contribution in [0.3, 0.4) is 0 Å². The number of thioether (sulfide) groups is 1. The number of anilines is 1. The minimum Gasteiger partial charge on any atom is -0.382 e. The number of thiocarbonyl (C=S) groups is 1. The minimum atomic E-state index is -0.263. The van der Waals surface area contributed by atoms with E-state index in [1.165, 1.54) is 17.3 Å². The first-order chi connectivity index (χ1) is 19.9. The number of benzene rings is 1. The first kappa shape index (κ1) is 31.0. The summed E-state index contributed by atoms with van der Waals surface area (Å²) in [5.74, 6) is 0.653. The Hall–Kier alpha value is -2.97. The summed E-state index contributed by atoms with van der Waals surface area (Å²) >= 11 is 6.84. The Kier molecular flexibility index (Phi) is 11.2. The summed E-state index contributed by atoms with van der Waals surface area (Å²) in [5, 5.41) is 9.97. The molecule has 1 aromatic carbocycles. The maximum absolute atomic E-state index is 13.6. The molecule has 0 atom stereocenters. The summed E-state index contributed by atoms with van der Waals surface area (Å²) in [6.45, 7) is 12.1. The van der Waals surface area contributed by atoms with Crippen molar-refractivity contribution in [1.29, 1.82) is 5.26 Å². The van der Waals surface area contributed by atoms with Crippen LogP contribution in [0.15, 0.2) is 40.0 Å². The third-order valence-electron chi connectivity index (χ3n) is 7.53. The van der Waals surface area contributed by atoms with Crippen LogP contribution in [0, 0.1) is 18.3 Å². The lowest BCUT2D eigenvalue weighted by molar-refractivity contribution is -0.122. The summed E-state index contributed by atoms with van der Waals surface area (Å²) in [6, 6.07) is 12.6. The molecule has 2 aliphatic rings. The van der Waals surface area contributed by atoms with Crippen LogP contribution < -0.4 is 10.5 Å². The number of nitriles is 1. The van der Waals surface area contributed by atoms with Gasteiger partial charge in [-0.05, 0) is 43.9 Å². The van der Waals surface area contributed by atoms with Crippen molar-refractivity contribution < 1.29 is 9.53 Å². The third-order valence-corrected chi connectivity index (χ3v) is 8.90. The van der Waals surface area contributed by atoms with Crippen molar-refractivity contribution in [2.24, 2.45) is 0 Å². The number of aromatic nitrogens is 1. The molecule has 0 bridgehead atoms. The van der Waals surface area contributed by atoms with Crippen LogP contribution >= 0.6 is 24.0 Å². The maximum Gasteiger partial charge on any atom is 0.270 e. The molecule has 0 spiro atoms. The van der Waals surface area contributed by atoms with Gasteiger partial charge in [0.2, 0.25) is 0 Å². The van der Waals surface area contributed by atoms with Crippen molar-refractivity contribution >= 4 is 46.1 Å². The minimum absolute atomic E-state index is 0.131. The van der Waals surface area contributed by atoms with Crippen molar-refractivity contribution in [3.63, 3.8) is 0 Å². The Morgan fingerprint density at radius 1 is 1.07 bits per heavy atom. The zero-order valence-corrected chi connectivity index (χ0v) is 25.9. The number of piperazine rings is 1. The number of carbonyl (C=O) groups excluding carboxylic acids is 1. The number of amides is 1. The van der Waals surface area contributed by atoms with Gasteiger partial charge in [-0.15, -0.1) is 0 Å². The van der Waals surface area contributed by atoms with Gasteiger partial charge in [0.05, 0.1) is 4.91 Å². The second-order valence-electron chi connectivity index (χ2n) is 10.3. The van der Waals surface area contributed by atoms with E-state index in [1.54, 1.807) is 9.47 Å². The first-order valence-corrected chi connectivity index (χ1v) is 15.6. The van der Waals surface area contributed by atoms with Gasteiger partial charge in [0.15, 0.2) is 0 Å². The zero-order chi connectivity index (χ0) is 29.4. The molecule has 0 saturated carbocycles. The van der Waals surface area contributed by atoms with E-state index >= 15 is 0 Å². The van der Waals surface area contributed by atoms with Gasteiger partial charge in [0.1, 0.15) is 21.8 Å². The lowest BCUT2D eigenvalue weighted by atomic mass is 10.0. The van der Waals surface area contributed by atoms with Crippen LogP contribution in [-0.4, -0.2) is 70.5 Å². The molecule has 0 unspecified atom stereocenters. The average Bonchev–Trinajstić information content (AvgIpc) is 3.24. The molecule has 1 aromatic heterocycles. The predicted molar refractivity (Wildman–Crippen MR) is 170 cm³/mol. The van der Waals surface area contributed by atoms with Crippen LogP contribution in [0.4, 0.5) is 5.82 Å². The molecule has 2 aliphatic heterocycles. The lowest BCUT2D eigenvalue weighted by Gasteiger charge is -2.38. The van der Waals surface area contributed by atoms with Crippen molar-refractivity contribution in [3.8, 4) is 6.07 Å². The summed E-state index contributed by atoms with van der Waals surface area (Å²) in [7, 11) is 0. The van der Waals surface area contributed by atoms with Crippen molar-refractivity contribution in [3.05, 3.63) is 67.8 Å². The highest BCUT2D eigenvalue weighted by Crippen LogP contribution is 2.36. The third kappa shape index (κ3) is 7.28. The number of hydrogen-bond acceptors (Lipinski definition) is 8. The Bertz CT molecular complexity index is 1370. The van der Waals surface area contributed by atoms with E-state index in [9.17, 15) is 14.9 Å². The summed E-state index contributed by atoms with van der Waals surface area (Å²) in [4.78, 5) is 33.8. The van der Waals surface area contributed by atoms with Crippen LogP contribution in [0.25, 0.3) is 6.08 Å². The van der Waals surface area contributed by atoms with Gasteiger partial charge < -0.3 is 9.64 Å². The average molecular weight is 594 g/mol. The van der Waals surface area contributed by atoms with Crippen LogP contribution in [0.1, 0.15) is 55.4 Å². The molecular weight excluding hydrogens is 555 g/mol. The van der Waals surface area contributed by atoms with Gasteiger partial charge in [0.25, 0.3) is 11.5 Å². The van der Waals surface area contributed by atoms with Crippen LogP contribution in [-0.2, 0) is 22.6 Å². The van der Waals surface area contributed by atoms with Gasteiger partial charge >= 0.3 is 0 Å². The van der Waals surface area contributed by atoms with Gasteiger partial charge in [-0.25, -0.2) is 0 Å². The smallest absolute Gasteiger partial charge is 0.270 e. The van der Waals surface area contributed by atoms with Gasteiger partial charge in [-0.2, -0.15) is 5.26 Å². The number of rotatable bonds is 12. The highest BCUT2D eigenvalue weighted by molar-refractivity contribution is 8.26. The highest BCUT2D eigenvalue weighted by Gasteiger charge is 2.33. The molecule has 10 heteroatoms. The Morgan fingerprint density at radius 2 is 1.80 bits per heavy atom. The van der Waals surface area contributed by atoms with E-state index in [0.717, 1.165) is 56.9 Å². The molecule has 0 N–H and O–H groups in total. The predicted octanol–water partition coefficient (Wildman–Crippen LogP) is 4.78. The van der Waals surface area contributed by atoms with E-state index in [-0.39, 0.29) is 17.0 Å². The van der Waals surface area contributed by atoms with Crippen LogP contribution in [0.5, 0.6) is 0 Å². The fourth-order valence-corrected chi connectivity index (χ4v) is 6.55. The van der Waals surface area contributed by atoms with Crippen LogP contribution in [0.2, 0.25) is 0 Å². The molecule has 1 amide bonds. The molecule has 218 valence electrons. The highest BCUT2D eigenvalue weighted by atomic mass is 32.2. The quantitative estimate of drug-likeness (QED) is 0.198. The SMILES string of the molecule is CCCCn1c(N2CCN(Cc3ccccc3)CC2)c(C=C2SC(=S)N(CCCOCC)C2=O)c(C)c(C#N)c1=O. The van der Waals surface area contributed by atoms with Crippen molar-refractivity contribution in [2.45, 2.75) is 53.1 Å². The number of nitrogens with zero attached hydrogens (tertiary/aromatic N) is 5. The fourth-order valence-electron chi connectivity index (χ4n) is 5.26. The molecule has 2 saturated heterocycles. The van der Waals surface area contributed by atoms with E-state index < -0.39 is 0 Å². The van der Waals surface area contributed by atoms with E-state index in [2.05, 4.69) is 47.1 Å². The first-order valence-electron chi connectivity index (χ1n) is 14.4. The standard InChI is InChI=1S/C31H39N5O3S2/c1-4-6-13-35-28(34-17-15-33(16-18-34)22-24-11-8-7-9-12-24)25(23(3)26(21-32)29(35)37)20-27-30(38)36(31(40)41-27)14-10-19-39-5-2/h7-9,11-12,20H,4-6,10,13-19,22H2,1-3H3. The summed E-state index contributed by atoms with van der Waals surface area (Å²) in [6.07, 6.45) is 4.29. The zero-order valence-electron chi connectivity index (χ0n) is 24.2. The molecule has 2 aromatic rings. The van der Waals surface area contributed by atoms with Crippen molar-refractivity contribution in [1.82, 2.24) is 14.4 Å². The number of ether oxygens (including phenoxy) is 1. The normalized spacial score (nSPS) is 17.1. The van der Waals surface area contributed by atoms with Crippen molar-refractivity contribution in [2.75, 3.05) is 50.8 Å². The van der Waals surface area contributed by atoms with Gasteiger partial charge in [-0.3, -0.25) is 24.0 Å². The molecule has 0 aliphatic carbocycles. The Labute approximate surface area is 252 Å². The van der Waals surface area contributed by atoms with E-state index in [4.69, 9.17) is 17.0 Å². The number of hydrogen-bond donors (Lipinski definition) is 0. The fraction of sp³-hybridized carbons (Fsp3) is 0.484. The van der Waals surface area contributed by atoms with Gasteiger partial charge in [0, 0.05) is 64.6 Å². The molecule has 0 radical (unpaired) electrons. The van der Waals surface area contributed by atoms with E-state index in [0.29, 0.717) is 47.5 Å². The topological polar surface area (TPSA) is 81.8 Å². The second-order valence-corrected chi connectivity index (χ2v) is 12.0. The second kappa shape index (κ2) is 14.8. The van der Waals surface area contributed by atoms with E-state index in [1.807, 2.05) is 26.0 Å². The number of carbonyl (C=O) groups is 1. The molecule has 8 nitrogen and oxygen atoms in total. The molecule has 2 fully saturated rings. The molecule has 4 rings (SSSR count). The lowest BCUT2D eigenvalue weighted by Crippen LogP contribution is -2.48. The Balaban J connectivity index is 1.69. The number of unbranched alkanes of at least 4 members (excludes halogenated alkanes) is 1.